The zero-order valence-electron chi connectivity index (χ0n) is 18.2. The summed E-state index contributed by atoms with van der Waals surface area (Å²) in [4.78, 5) is 25.1. The molecule has 2 aromatic rings. The maximum absolute atomic E-state index is 12.6. The summed E-state index contributed by atoms with van der Waals surface area (Å²) in [5, 5.41) is 5.82. The zero-order chi connectivity index (χ0) is 22.3. The van der Waals surface area contributed by atoms with Gasteiger partial charge in [0.15, 0.2) is 5.79 Å². The molecule has 7 heteroatoms. The monoisotopic (exact) mass is 426 g/mol. The molecule has 1 heterocycles. The van der Waals surface area contributed by atoms with Crippen LogP contribution in [0, 0.1) is 6.92 Å². The van der Waals surface area contributed by atoms with Gasteiger partial charge in [0.05, 0.1) is 13.2 Å². The van der Waals surface area contributed by atoms with Crippen molar-refractivity contribution in [1.29, 1.82) is 0 Å². The molecule has 0 radical (unpaired) electrons. The van der Waals surface area contributed by atoms with Crippen LogP contribution in [0.25, 0.3) is 0 Å². The molecule has 0 bridgehead atoms. The molecule has 0 saturated carbocycles. The smallest absolute Gasteiger partial charge is 0.251 e. The summed E-state index contributed by atoms with van der Waals surface area (Å²) in [6, 6.07) is 16.4. The third kappa shape index (κ3) is 6.89. The highest BCUT2D eigenvalue weighted by Crippen LogP contribution is 2.20. The fraction of sp³-hybridized carbons (Fsp3) is 0.417. The van der Waals surface area contributed by atoms with Crippen LogP contribution in [0.2, 0.25) is 0 Å². The molecule has 0 unspecified atom stereocenters. The second kappa shape index (κ2) is 10.5. The Balaban J connectivity index is 1.66. The van der Waals surface area contributed by atoms with Gasteiger partial charge >= 0.3 is 0 Å². The van der Waals surface area contributed by atoms with E-state index in [4.69, 9.17) is 14.2 Å². The molecule has 1 aliphatic rings. The van der Waals surface area contributed by atoms with Crippen LogP contribution in [0.15, 0.2) is 54.6 Å². The van der Waals surface area contributed by atoms with Crippen molar-refractivity contribution in [2.75, 3.05) is 26.3 Å². The topological polar surface area (TPSA) is 85.9 Å². The van der Waals surface area contributed by atoms with Gasteiger partial charge in [0, 0.05) is 24.2 Å². The van der Waals surface area contributed by atoms with E-state index in [-0.39, 0.29) is 24.9 Å². The van der Waals surface area contributed by atoms with Crippen molar-refractivity contribution in [2.45, 2.75) is 38.8 Å². The molecule has 0 aliphatic carbocycles. The molecule has 7 nitrogen and oxygen atoms in total. The van der Waals surface area contributed by atoms with Gasteiger partial charge in [-0.2, -0.15) is 0 Å². The lowest BCUT2D eigenvalue weighted by atomic mass is 10.1. The number of amides is 2. The van der Waals surface area contributed by atoms with E-state index in [1.807, 2.05) is 57.2 Å². The second-order valence-corrected chi connectivity index (χ2v) is 7.97. The summed E-state index contributed by atoms with van der Waals surface area (Å²) < 4.78 is 17.7. The first-order valence-electron chi connectivity index (χ1n) is 10.5. The number of hydrogen-bond acceptors (Lipinski definition) is 5. The molecule has 1 fully saturated rings. The molecule has 3 rings (SSSR count). The van der Waals surface area contributed by atoms with E-state index >= 15 is 0 Å². The number of carbonyl (C=O) groups excluding carboxylic acids is 2. The van der Waals surface area contributed by atoms with Crippen molar-refractivity contribution in [3.63, 3.8) is 0 Å². The van der Waals surface area contributed by atoms with Crippen LogP contribution in [-0.4, -0.2) is 56.1 Å². The van der Waals surface area contributed by atoms with Gasteiger partial charge in [-0.1, -0.05) is 35.9 Å². The second-order valence-electron chi connectivity index (χ2n) is 7.97. The first-order valence-corrected chi connectivity index (χ1v) is 10.5. The van der Waals surface area contributed by atoms with E-state index in [2.05, 4.69) is 10.6 Å². The zero-order valence-corrected chi connectivity index (χ0v) is 18.2. The third-order valence-electron chi connectivity index (χ3n) is 4.96. The molecule has 0 spiro atoms. The minimum atomic E-state index is -0.843. The Labute approximate surface area is 183 Å². The summed E-state index contributed by atoms with van der Waals surface area (Å²) in [6.07, 6.45) is -0.964. The number of ether oxygens (including phenoxy) is 3. The molecule has 166 valence electrons. The summed E-state index contributed by atoms with van der Waals surface area (Å²) in [7, 11) is 0. The van der Waals surface area contributed by atoms with Crippen molar-refractivity contribution in [3.05, 3.63) is 71.3 Å². The fourth-order valence-corrected chi connectivity index (χ4v) is 3.40. The average molecular weight is 427 g/mol. The molecule has 31 heavy (non-hydrogen) atoms. The van der Waals surface area contributed by atoms with Crippen LogP contribution in [0.3, 0.4) is 0 Å². The van der Waals surface area contributed by atoms with Crippen LogP contribution in [0.1, 0.15) is 40.1 Å². The lowest BCUT2D eigenvalue weighted by Gasteiger charge is -2.37. The van der Waals surface area contributed by atoms with Crippen molar-refractivity contribution in [1.82, 2.24) is 10.6 Å². The Bertz CT molecular complexity index is 885. The molecule has 2 aromatic carbocycles. The number of benzene rings is 2. The lowest BCUT2D eigenvalue weighted by molar-refractivity contribution is -0.277. The van der Waals surface area contributed by atoms with Crippen molar-refractivity contribution < 1.29 is 23.8 Å². The van der Waals surface area contributed by atoms with Gasteiger partial charge in [-0.25, -0.2) is 0 Å². The summed E-state index contributed by atoms with van der Waals surface area (Å²) >= 11 is 0. The van der Waals surface area contributed by atoms with E-state index in [0.717, 1.165) is 5.56 Å². The van der Waals surface area contributed by atoms with E-state index < -0.39 is 18.0 Å². The van der Waals surface area contributed by atoms with Gasteiger partial charge in [-0.05, 0) is 45.0 Å². The summed E-state index contributed by atoms with van der Waals surface area (Å²) in [5.74, 6) is -1.23. The molecule has 2 atom stereocenters. The van der Waals surface area contributed by atoms with Crippen LogP contribution < -0.4 is 10.6 Å². The predicted octanol–water partition coefficient (Wildman–Crippen LogP) is 2.69. The van der Waals surface area contributed by atoms with Crippen LogP contribution in [-0.2, 0) is 14.2 Å². The van der Waals surface area contributed by atoms with Gasteiger partial charge < -0.3 is 24.8 Å². The number of nitrogens with one attached hydrogen (secondary N) is 2. The molecule has 2 N–H and O–H groups in total. The van der Waals surface area contributed by atoms with Gasteiger partial charge in [-0.15, -0.1) is 0 Å². The highest BCUT2D eigenvalue weighted by Gasteiger charge is 2.33. The minimum Gasteiger partial charge on any atom is -0.371 e. The largest absolute Gasteiger partial charge is 0.371 e. The quantitative estimate of drug-likeness (QED) is 0.742. The van der Waals surface area contributed by atoms with E-state index in [1.165, 1.54) is 0 Å². The Morgan fingerprint density at radius 1 is 0.903 bits per heavy atom. The molecule has 0 aromatic heterocycles. The lowest BCUT2D eigenvalue weighted by Crippen LogP contribution is -2.52. The van der Waals surface area contributed by atoms with Gasteiger partial charge in [0.1, 0.15) is 12.2 Å². The molecular weight excluding hydrogens is 396 g/mol. The van der Waals surface area contributed by atoms with Crippen LogP contribution in [0.5, 0.6) is 0 Å². The molecular formula is C24H30N2O5. The molecule has 1 saturated heterocycles. The fourth-order valence-electron chi connectivity index (χ4n) is 3.40. The van der Waals surface area contributed by atoms with E-state index in [0.29, 0.717) is 24.3 Å². The Morgan fingerprint density at radius 2 is 1.55 bits per heavy atom. The maximum atomic E-state index is 12.6. The van der Waals surface area contributed by atoms with Crippen molar-refractivity contribution >= 4 is 11.8 Å². The SMILES string of the molecule is Cc1cccc(C(=O)NC[C@H]2OCCOC(C)(C)O[C@H]2CNC(=O)c2ccccc2)c1. The Kier molecular flexibility index (Phi) is 7.79. The third-order valence-corrected chi connectivity index (χ3v) is 4.96. The summed E-state index contributed by atoms with van der Waals surface area (Å²) in [5.41, 5.74) is 2.16. The van der Waals surface area contributed by atoms with Gasteiger partial charge in [-0.3, -0.25) is 9.59 Å². The van der Waals surface area contributed by atoms with E-state index in [1.54, 1.807) is 18.2 Å². The average Bonchev–Trinajstić information content (AvgIpc) is 2.75. The summed E-state index contributed by atoms with van der Waals surface area (Å²) in [6.45, 7) is 6.79. The molecule has 2 amide bonds. The standard InChI is InChI=1S/C24H30N2O5/c1-17-8-7-11-19(14-17)23(28)25-15-20-21(31-24(2,3)30-13-12-29-20)16-26-22(27)18-9-5-4-6-10-18/h4-11,14,20-21H,12-13,15-16H2,1-3H3,(H,25,28)(H,26,27)/t20-,21+/m1/s1. The van der Waals surface area contributed by atoms with Crippen LogP contribution >= 0.6 is 0 Å². The Hall–Kier alpha value is -2.74. The highest BCUT2D eigenvalue weighted by atomic mass is 16.7. The minimum absolute atomic E-state index is 0.183. The van der Waals surface area contributed by atoms with E-state index in [9.17, 15) is 9.59 Å². The number of hydrogen-bond donors (Lipinski definition) is 2. The first kappa shape index (κ1) is 22.9. The first-order chi connectivity index (χ1) is 14.8. The highest BCUT2D eigenvalue weighted by molar-refractivity contribution is 5.94. The predicted molar refractivity (Wildman–Crippen MR) is 117 cm³/mol. The van der Waals surface area contributed by atoms with Gasteiger partial charge in [0.25, 0.3) is 11.8 Å². The number of rotatable bonds is 6. The van der Waals surface area contributed by atoms with Crippen LogP contribution in [0.4, 0.5) is 0 Å². The number of aryl methyl sites for hydroxylation is 1. The van der Waals surface area contributed by atoms with Crippen molar-refractivity contribution in [3.8, 4) is 0 Å². The normalized spacial score (nSPS) is 20.9. The Morgan fingerprint density at radius 3 is 2.26 bits per heavy atom. The number of carbonyl (C=O) groups is 2. The molecule has 1 aliphatic heterocycles. The van der Waals surface area contributed by atoms with Gasteiger partial charge in [0.2, 0.25) is 0 Å². The van der Waals surface area contributed by atoms with Crippen molar-refractivity contribution in [2.24, 2.45) is 0 Å². The maximum Gasteiger partial charge on any atom is 0.251 e.